The summed E-state index contributed by atoms with van der Waals surface area (Å²) in [6.45, 7) is 17.6. The first-order valence-electron chi connectivity index (χ1n) is 26.8. The fraction of sp³-hybridized carbons (Fsp3) is 0.379. The second kappa shape index (κ2) is 23.6. The molecule has 4 atom stereocenters. The van der Waals surface area contributed by atoms with Crippen molar-refractivity contribution in [3.8, 4) is 11.8 Å². The zero-order valence-corrected chi connectivity index (χ0v) is 47.7. The smallest absolute Gasteiger partial charge is 0.304 e. The molecule has 0 saturated carbocycles. The number of nitrogens with zero attached hydrogens (tertiary/aromatic N) is 10. The van der Waals surface area contributed by atoms with E-state index < -0.39 is 43.8 Å². The molecule has 22 heteroatoms. The summed E-state index contributed by atoms with van der Waals surface area (Å²) in [6, 6.07) is 25.5. The molecule has 0 radical (unpaired) electrons. The number of aryl methyl sites for hydroxylation is 6. The van der Waals surface area contributed by atoms with Gasteiger partial charge >= 0.3 is 11.9 Å². The molecule has 6 heterocycles. The van der Waals surface area contributed by atoms with Crippen molar-refractivity contribution in [1.82, 2.24) is 48.6 Å². The normalized spacial score (nSPS) is 17.6. The Morgan fingerprint density at radius 3 is 1.35 bits per heavy atom. The molecule has 10 rings (SSSR count). The molecule has 20 nitrogen and oxygen atoms in total. The van der Waals surface area contributed by atoms with E-state index in [1.54, 1.807) is 12.1 Å². The minimum absolute atomic E-state index is 0.0487. The number of carbonyl (C=O) groups is 2. The third-order valence-electron chi connectivity index (χ3n) is 15.3. The van der Waals surface area contributed by atoms with E-state index in [1.807, 2.05) is 125 Å². The summed E-state index contributed by atoms with van der Waals surface area (Å²) in [5.74, 6) is -2.52. The van der Waals surface area contributed by atoms with Gasteiger partial charge in [0.1, 0.15) is 33.0 Å². The number of aliphatic carboxylic acids is 2. The van der Waals surface area contributed by atoms with E-state index in [-0.39, 0.29) is 72.8 Å². The number of benzene rings is 4. The lowest BCUT2D eigenvalue weighted by molar-refractivity contribution is -0.138. The molecule has 0 fully saturated rings. The second-order valence-corrected chi connectivity index (χ2v) is 24.1. The van der Waals surface area contributed by atoms with Gasteiger partial charge in [0.05, 0.1) is 37.0 Å². The van der Waals surface area contributed by atoms with Crippen LogP contribution in [0.2, 0.25) is 0 Å². The summed E-state index contributed by atoms with van der Waals surface area (Å²) in [5.41, 5.74) is 11.8. The van der Waals surface area contributed by atoms with E-state index in [0.717, 1.165) is 77.7 Å². The van der Waals surface area contributed by atoms with Gasteiger partial charge in [0.25, 0.3) is 0 Å². The lowest BCUT2D eigenvalue weighted by Crippen LogP contribution is -2.36. The van der Waals surface area contributed by atoms with Gasteiger partial charge in [-0.1, -0.05) is 72.8 Å². The molecule has 2 aliphatic rings. The molecule has 0 amide bonds. The van der Waals surface area contributed by atoms with Gasteiger partial charge in [0.2, 0.25) is 31.8 Å². The van der Waals surface area contributed by atoms with E-state index >= 15 is 0 Å². The van der Waals surface area contributed by atoms with Crippen molar-refractivity contribution < 1.29 is 46.1 Å². The number of pyridine rings is 2. The maximum absolute atomic E-state index is 13.7. The Morgan fingerprint density at radius 1 is 0.588 bits per heavy atom. The van der Waals surface area contributed by atoms with Crippen molar-refractivity contribution in [3.05, 3.63) is 153 Å². The number of ether oxygens (including phenoxy) is 2. The largest absolute Gasteiger partial charge is 0.481 e. The van der Waals surface area contributed by atoms with Crippen LogP contribution < -0.4 is 9.47 Å². The van der Waals surface area contributed by atoms with Crippen molar-refractivity contribution in [3.63, 3.8) is 0 Å². The molecule has 0 aliphatic carbocycles. The van der Waals surface area contributed by atoms with E-state index in [2.05, 4.69) is 30.6 Å². The van der Waals surface area contributed by atoms with Crippen LogP contribution in [0.15, 0.2) is 107 Å². The number of carboxylic acid groups (broad SMARTS) is 2. The van der Waals surface area contributed by atoms with E-state index in [9.17, 15) is 36.6 Å². The summed E-state index contributed by atoms with van der Waals surface area (Å²) in [5, 5.41) is 36.8. The predicted molar refractivity (Wildman–Crippen MR) is 300 cm³/mol. The summed E-state index contributed by atoms with van der Waals surface area (Å²) >= 11 is 0. The summed E-state index contributed by atoms with van der Waals surface area (Å²) in [6.07, 6.45) is 3.34. The molecule has 80 heavy (non-hydrogen) atoms. The molecule has 4 aromatic carbocycles. The fourth-order valence-corrected chi connectivity index (χ4v) is 13.7. The lowest BCUT2D eigenvalue weighted by atomic mass is 9.84. The summed E-state index contributed by atoms with van der Waals surface area (Å²) in [4.78, 5) is 32.5. The minimum Gasteiger partial charge on any atom is -0.481 e. The fourth-order valence-electron chi connectivity index (χ4n) is 10.7. The van der Waals surface area contributed by atoms with Crippen molar-refractivity contribution in [2.75, 3.05) is 13.1 Å². The molecule has 0 saturated heterocycles. The van der Waals surface area contributed by atoms with Gasteiger partial charge in [0, 0.05) is 50.4 Å². The molecule has 420 valence electrons. The van der Waals surface area contributed by atoms with Gasteiger partial charge in [0.15, 0.2) is 0 Å². The monoisotopic (exact) mass is 1130 g/mol. The van der Waals surface area contributed by atoms with E-state index in [4.69, 9.17) is 9.47 Å². The highest BCUT2D eigenvalue weighted by Gasteiger charge is 2.37. The van der Waals surface area contributed by atoms with Gasteiger partial charge in [-0.3, -0.25) is 9.59 Å². The molecular weight excluding hydrogens is 1060 g/mol. The highest BCUT2D eigenvalue weighted by Crippen LogP contribution is 2.39. The van der Waals surface area contributed by atoms with Crippen LogP contribution in [-0.2, 0) is 55.8 Å². The zero-order chi connectivity index (χ0) is 57.2. The third-order valence-corrected chi connectivity index (χ3v) is 19.0. The Kier molecular flexibility index (Phi) is 16.8. The maximum Gasteiger partial charge on any atom is 0.304 e. The highest BCUT2D eigenvalue weighted by atomic mass is 32.2. The number of aromatic nitrogens is 8. The molecule has 2 N–H and O–H groups in total. The predicted octanol–water partition coefficient (Wildman–Crippen LogP) is 8.86. The first-order valence-corrected chi connectivity index (χ1v) is 29.7. The number of hydrogen-bond donors (Lipinski definition) is 2. The SMILES string of the molecule is CC[C@@H]1CN(Cc2cc(C(CC(=O)O)c3ccc4c(nnn4CC)c3C)ccc2C)S(=O)(=O)c2cccnc2O1.CC[C@@H]1CN(Cc2cc(C(CC(=O)O)c3ccc4c(nnn4CC)c3C)ccc2C)S(=O)(=O)c2cccnc2O1. The Labute approximate surface area is 465 Å². The van der Waals surface area contributed by atoms with Crippen molar-refractivity contribution in [2.24, 2.45) is 0 Å². The Balaban J connectivity index is 0.000000194. The van der Waals surface area contributed by atoms with Crippen LogP contribution in [0.4, 0.5) is 0 Å². The van der Waals surface area contributed by atoms with E-state index in [0.29, 0.717) is 25.9 Å². The van der Waals surface area contributed by atoms with Gasteiger partial charge in [-0.15, -0.1) is 10.2 Å². The number of hydrogen-bond acceptors (Lipinski definition) is 14. The van der Waals surface area contributed by atoms with Gasteiger partial charge < -0.3 is 19.7 Å². The number of sulfonamides is 2. The Bertz CT molecular complexity index is 3620. The average molecular weight is 1130 g/mol. The summed E-state index contributed by atoms with van der Waals surface area (Å²) < 4.78 is 73.2. The molecule has 4 aromatic heterocycles. The molecule has 0 bridgehead atoms. The quantitative estimate of drug-likeness (QED) is 0.0916. The van der Waals surface area contributed by atoms with Crippen LogP contribution in [0.3, 0.4) is 0 Å². The molecule has 2 unspecified atom stereocenters. The minimum atomic E-state index is -3.88. The highest BCUT2D eigenvalue weighted by molar-refractivity contribution is 7.89. The van der Waals surface area contributed by atoms with Crippen molar-refractivity contribution >= 4 is 54.1 Å². The van der Waals surface area contributed by atoms with Gasteiger partial charge in [-0.25, -0.2) is 36.2 Å². The Morgan fingerprint density at radius 2 is 0.988 bits per heavy atom. The standard InChI is InChI=1S/2C29H33N5O5S/c2*1-5-22-17-33(40(37,38)26-8-7-13-30-29(26)39-22)16-21-14-20(10-9-18(21)3)24(15-27(35)36)23-11-12-25-28(19(23)4)31-32-34(25)6-2/h2*7-14,22,24H,5-6,15-17H2,1-4H3,(H,35,36)/t2*22-,24?/m11/s1. The van der Waals surface area contributed by atoms with Crippen molar-refractivity contribution in [1.29, 1.82) is 0 Å². The third kappa shape index (κ3) is 11.4. The summed E-state index contributed by atoms with van der Waals surface area (Å²) in [7, 11) is -7.76. The van der Waals surface area contributed by atoms with Crippen LogP contribution in [0.25, 0.3) is 22.1 Å². The van der Waals surface area contributed by atoms with Crippen LogP contribution in [-0.4, -0.2) is 113 Å². The maximum atomic E-state index is 13.7. The molecular formula is C58H66N10O10S2. The van der Waals surface area contributed by atoms with Gasteiger partial charge in [-0.2, -0.15) is 8.61 Å². The molecule has 2 aliphatic heterocycles. The second-order valence-electron chi connectivity index (χ2n) is 20.3. The van der Waals surface area contributed by atoms with Crippen LogP contribution in [0.5, 0.6) is 11.8 Å². The number of fused-ring (bicyclic) bond motifs is 4. The van der Waals surface area contributed by atoms with Gasteiger partial charge in [-0.05, 0) is 146 Å². The first kappa shape index (κ1) is 57.0. The lowest BCUT2D eigenvalue weighted by Gasteiger charge is -2.24. The topological polar surface area (TPSA) is 255 Å². The Hall–Kier alpha value is -7.66. The van der Waals surface area contributed by atoms with Crippen LogP contribution >= 0.6 is 0 Å². The zero-order valence-electron chi connectivity index (χ0n) is 46.1. The average Bonchev–Trinajstić information content (AvgIpc) is 4.14. The number of carboxylic acids is 2. The van der Waals surface area contributed by atoms with Crippen molar-refractivity contribution in [2.45, 2.75) is 141 Å². The van der Waals surface area contributed by atoms with Crippen LogP contribution in [0.1, 0.15) is 121 Å². The number of rotatable bonds is 16. The first-order chi connectivity index (χ1) is 38.3. The van der Waals surface area contributed by atoms with Crippen LogP contribution in [0, 0.1) is 27.7 Å². The van der Waals surface area contributed by atoms with E-state index in [1.165, 1.54) is 33.1 Å². The molecule has 8 aromatic rings. The molecule has 0 spiro atoms.